The minimum absolute atomic E-state index is 0.0135. The van der Waals surface area contributed by atoms with Crippen molar-refractivity contribution in [2.24, 2.45) is 0 Å². The average Bonchev–Trinajstić information content (AvgIpc) is 2.50. The molecule has 6 nitrogen and oxygen atoms in total. The van der Waals surface area contributed by atoms with Gasteiger partial charge in [-0.1, -0.05) is 0 Å². The van der Waals surface area contributed by atoms with E-state index in [1.807, 2.05) is 0 Å². The molecule has 3 rings (SSSR count). The van der Waals surface area contributed by atoms with E-state index in [1.54, 1.807) is 12.1 Å². The molecule has 0 radical (unpaired) electrons. The lowest BCUT2D eigenvalue weighted by atomic mass is 10.1. The van der Waals surface area contributed by atoms with Gasteiger partial charge in [-0.25, -0.2) is 19.3 Å². The Morgan fingerprint density at radius 2 is 2.24 bits per heavy atom. The third-order valence-electron chi connectivity index (χ3n) is 3.00. The number of morpholine rings is 1. The van der Waals surface area contributed by atoms with Gasteiger partial charge in [0.25, 0.3) is 5.91 Å². The van der Waals surface area contributed by atoms with E-state index in [0.717, 1.165) is 6.20 Å². The molecular formula is C13H10ClFN4O2. The van der Waals surface area contributed by atoms with Crippen molar-refractivity contribution in [3.63, 3.8) is 0 Å². The first-order valence-corrected chi connectivity index (χ1v) is 6.55. The minimum Gasteiger partial charge on any atom is -0.370 e. The molecule has 1 amide bonds. The summed E-state index contributed by atoms with van der Waals surface area (Å²) >= 11 is 5.69. The summed E-state index contributed by atoms with van der Waals surface area (Å²) in [6.45, 7) is 0.854. The van der Waals surface area contributed by atoms with Crippen LogP contribution in [0.15, 0.2) is 24.5 Å². The second-order valence-corrected chi connectivity index (χ2v) is 4.67. The Hall–Kier alpha value is -2.12. The van der Waals surface area contributed by atoms with Crippen molar-refractivity contribution >= 4 is 23.3 Å². The van der Waals surface area contributed by atoms with Gasteiger partial charge in [-0.3, -0.25) is 9.69 Å². The summed E-state index contributed by atoms with van der Waals surface area (Å²) in [6, 6.07) is 3.18. The highest BCUT2D eigenvalue weighted by molar-refractivity contribution is 6.28. The summed E-state index contributed by atoms with van der Waals surface area (Å²) < 4.78 is 18.9. The highest BCUT2D eigenvalue weighted by atomic mass is 35.5. The summed E-state index contributed by atoms with van der Waals surface area (Å²) in [4.78, 5) is 24.9. The van der Waals surface area contributed by atoms with Crippen molar-refractivity contribution in [1.29, 1.82) is 0 Å². The summed E-state index contributed by atoms with van der Waals surface area (Å²) in [5.74, 6) is -0.355. The average molecular weight is 309 g/mol. The van der Waals surface area contributed by atoms with Crippen LogP contribution in [0.1, 0.15) is 0 Å². The van der Waals surface area contributed by atoms with E-state index >= 15 is 0 Å². The highest BCUT2D eigenvalue weighted by Gasteiger charge is 2.22. The molecule has 1 aliphatic rings. The van der Waals surface area contributed by atoms with Gasteiger partial charge in [0.1, 0.15) is 18.1 Å². The van der Waals surface area contributed by atoms with E-state index in [4.69, 9.17) is 16.3 Å². The molecule has 0 aliphatic carbocycles. The maximum absolute atomic E-state index is 13.8. The molecule has 0 spiro atoms. The Labute approximate surface area is 124 Å². The first-order chi connectivity index (χ1) is 10.1. The van der Waals surface area contributed by atoms with Gasteiger partial charge in [0.05, 0.1) is 19.3 Å². The first-order valence-electron chi connectivity index (χ1n) is 6.18. The van der Waals surface area contributed by atoms with E-state index in [2.05, 4.69) is 15.0 Å². The molecule has 0 atom stereocenters. The zero-order chi connectivity index (χ0) is 14.8. The number of rotatable bonds is 2. The Morgan fingerprint density at radius 3 is 3.05 bits per heavy atom. The topological polar surface area (TPSA) is 68.2 Å². The molecule has 0 N–H and O–H groups in total. The van der Waals surface area contributed by atoms with E-state index in [1.165, 1.54) is 11.1 Å². The van der Waals surface area contributed by atoms with Crippen molar-refractivity contribution < 1.29 is 13.9 Å². The highest BCUT2D eigenvalue weighted by Crippen LogP contribution is 2.24. The van der Waals surface area contributed by atoms with E-state index in [0.29, 0.717) is 24.5 Å². The fourth-order valence-corrected chi connectivity index (χ4v) is 2.15. The Balaban J connectivity index is 2.00. The number of ether oxygens (including phenoxy) is 1. The second-order valence-electron chi connectivity index (χ2n) is 4.34. The number of hydrogen-bond acceptors (Lipinski definition) is 5. The number of hydrogen-bond donors (Lipinski definition) is 0. The van der Waals surface area contributed by atoms with Crippen LogP contribution in [0.4, 0.5) is 10.2 Å². The molecule has 1 fully saturated rings. The van der Waals surface area contributed by atoms with Gasteiger partial charge in [-0.15, -0.1) is 0 Å². The summed E-state index contributed by atoms with van der Waals surface area (Å²) in [7, 11) is 0. The third-order valence-corrected chi connectivity index (χ3v) is 3.18. The SMILES string of the molecule is O=C1COCCN1c1cc(-c2nc(Cl)ncc2F)ccn1. The monoisotopic (exact) mass is 308 g/mol. The van der Waals surface area contributed by atoms with Crippen LogP contribution in [0.5, 0.6) is 0 Å². The molecule has 1 saturated heterocycles. The van der Waals surface area contributed by atoms with Crippen LogP contribution < -0.4 is 4.90 Å². The number of pyridine rings is 1. The predicted octanol–water partition coefficient (Wildman–Crippen LogP) is 1.69. The maximum atomic E-state index is 13.8. The first kappa shape index (κ1) is 13.8. The van der Waals surface area contributed by atoms with Gasteiger partial charge in [-0.05, 0) is 23.7 Å². The van der Waals surface area contributed by atoms with Gasteiger partial charge in [0.15, 0.2) is 5.82 Å². The summed E-state index contributed by atoms with van der Waals surface area (Å²) in [5.41, 5.74) is 0.542. The van der Waals surface area contributed by atoms with Gasteiger partial charge in [-0.2, -0.15) is 0 Å². The Bertz CT molecular complexity index is 698. The standard InChI is InChI=1S/C13H10ClFN4O2/c14-13-17-6-9(15)12(18-13)8-1-2-16-10(5-8)19-3-4-21-7-11(19)20/h1-2,5-6H,3-4,7H2. The van der Waals surface area contributed by atoms with Gasteiger partial charge in [0, 0.05) is 11.8 Å². The Morgan fingerprint density at radius 1 is 1.38 bits per heavy atom. The number of aromatic nitrogens is 3. The lowest BCUT2D eigenvalue weighted by molar-refractivity contribution is -0.125. The van der Waals surface area contributed by atoms with Gasteiger partial charge >= 0.3 is 0 Å². The second kappa shape index (κ2) is 5.71. The number of nitrogens with zero attached hydrogens (tertiary/aromatic N) is 4. The van der Waals surface area contributed by atoms with E-state index in [-0.39, 0.29) is 23.5 Å². The number of anilines is 1. The zero-order valence-electron chi connectivity index (χ0n) is 10.8. The van der Waals surface area contributed by atoms with E-state index < -0.39 is 5.82 Å². The van der Waals surface area contributed by atoms with Gasteiger partial charge in [0.2, 0.25) is 5.28 Å². The lowest BCUT2D eigenvalue weighted by Gasteiger charge is -2.26. The normalized spacial score (nSPS) is 15.3. The van der Waals surface area contributed by atoms with Crippen LogP contribution in [0.3, 0.4) is 0 Å². The lowest BCUT2D eigenvalue weighted by Crippen LogP contribution is -2.42. The number of carbonyl (C=O) groups excluding carboxylic acids is 1. The molecule has 0 unspecified atom stereocenters. The van der Waals surface area contributed by atoms with Crippen molar-refractivity contribution in [1.82, 2.24) is 15.0 Å². The molecule has 21 heavy (non-hydrogen) atoms. The van der Waals surface area contributed by atoms with Crippen LogP contribution in [0.25, 0.3) is 11.3 Å². The molecule has 8 heteroatoms. The molecule has 3 heterocycles. The molecule has 0 aromatic carbocycles. The zero-order valence-corrected chi connectivity index (χ0v) is 11.5. The summed E-state index contributed by atoms with van der Waals surface area (Å²) in [5, 5.41) is -0.0489. The predicted molar refractivity (Wildman–Crippen MR) is 73.4 cm³/mol. The van der Waals surface area contributed by atoms with E-state index in [9.17, 15) is 9.18 Å². The fraction of sp³-hybridized carbons (Fsp3) is 0.231. The van der Waals surface area contributed by atoms with Crippen LogP contribution in [-0.4, -0.2) is 40.6 Å². The molecule has 0 bridgehead atoms. The van der Waals surface area contributed by atoms with Crippen LogP contribution >= 0.6 is 11.6 Å². The number of halogens is 2. The van der Waals surface area contributed by atoms with Crippen molar-refractivity contribution in [2.45, 2.75) is 0 Å². The van der Waals surface area contributed by atoms with Crippen molar-refractivity contribution in [2.75, 3.05) is 24.7 Å². The number of carbonyl (C=O) groups is 1. The molecular weight excluding hydrogens is 299 g/mol. The summed E-state index contributed by atoms with van der Waals surface area (Å²) in [6.07, 6.45) is 2.49. The maximum Gasteiger partial charge on any atom is 0.254 e. The largest absolute Gasteiger partial charge is 0.370 e. The molecule has 0 saturated carbocycles. The van der Waals surface area contributed by atoms with Crippen LogP contribution in [0, 0.1) is 5.82 Å². The molecule has 2 aromatic rings. The number of amides is 1. The Kier molecular flexibility index (Phi) is 3.76. The van der Waals surface area contributed by atoms with Crippen LogP contribution in [0.2, 0.25) is 5.28 Å². The quantitative estimate of drug-likeness (QED) is 0.790. The molecule has 1 aliphatic heterocycles. The molecule has 108 valence electrons. The van der Waals surface area contributed by atoms with Gasteiger partial charge < -0.3 is 4.74 Å². The van der Waals surface area contributed by atoms with Crippen molar-refractivity contribution in [3.8, 4) is 11.3 Å². The fourth-order valence-electron chi connectivity index (χ4n) is 2.02. The smallest absolute Gasteiger partial charge is 0.254 e. The minimum atomic E-state index is -0.593. The van der Waals surface area contributed by atoms with Crippen LogP contribution in [-0.2, 0) is 9.53 Å². The van der Waals surface area contributed by atoms with Crippen molar-refractivity contribution in [3.05, 3.63) is 35.6 Å². The third kappa shape index (κ3) is 2.84. The molecule has 2 aromatic heterocycles.